The molecule has 1 heterocycles. The van der Waals surface area contributed by atoms with Crippen molar-refractivity contribution in [2.45, 2.75) is 51.2 Å². The van der Waals surface area contributed by atoms with E-state index in [1.807, 2.05) is 56.3 Å². The molecule has 1 aliphatic heterocycles. The zero-order chi connectivity index (χ0) is 27.5. The quantitative estimate of drug-likeness (QED) is 0.397. The lowest BCUT2D eigenvalue weighted by molar-refractivity contribution is -0.133. The number of halogens is 1. The van der Waals surface area contributed by atoms with Gasteiger partial charge >= 0.3 is 0 Å². The number of carbonyl (C=O) groups excluding carboxylic acids is 3. The van der Waals surface area contributed by atoms with Crippen molar-refractivity contribution in [3.63, 3.8) is 0 Å². The summed E-state index contributed by atoms with van der Waals surface area (Å²) in [6.45, 7) is 4.79. The van der Waals surface area contributed by atoms with E-state index >= 15 is 0 Å². The number of aryl methyl sites for hydroxylation is 1. The van der Waals surface area contributed by atoms with Crippen molar-refractivity contribution in [3.05, 3.63) is 64.7 Å². The number of amides is 3. The molecule has 0 fully saturated rings. The molecule has 1 aliphatic rings. The van der Waals surface area contributed by atoms with E-state index in [0.717, 1.165) is 16.9 Å². The van der Waals surface area contributed by atoms with E-state index in [9.17, 15) is 14.4 Å². The number of carbonyl (C=O) groups is 3. The molecule has 206 valence electrons. The lowest BCUT2D eigenvalue weighted by atomic mass is 10.0. The number of fused-ring (bicyclic) bond motifs is 1. The topological polar surface area (TPSA) is 135 Å². The second kappa shape index (κ2) is 14.7. The molecule has 3 atom stereocenters. The van der Waals surface area contributed by atoms with Gasteiger partial charge in [0.1, 0.15) is 24.4 Å². The van der Waals surface area contributed by atoms with Gasteiger partial charge in [-0.3, -0.25) is 14.4 Å². The van der Waals surface area contributed by atoms with Crippen LogP contribution in [-0.2, 0) is 27.2 Å². The minimum absolute atomic E-state index is 0.0635. The fourth-order valence-corrected chi connectivity index (χ4v) is 4.51. The summed E-state index contributed by atoms with van der Waals surface area (Å²) in [5.41, 5.74) is 7.71. The summed E-state index contributed by atoms with van der Waals surface area (Å²) in [7, 11) is 0. The third-order valence-electron chi connectivity index (χ3n) is 6.41. The molecule has 6 N–H and O–H groups in total. The molecule has 2 aromatic carbocycles. The Morgan fingerprint density at radius 2 is 1.76 bits per heavy atom. The molecule has 0 spiro atoms. The van der Waals surface area contributed by atoms with Gasteiger partial charge < -0.3 is 31.7 Å². The number of benzene rings is 2. The normalized spacial score (nSPS) is 22.2. The Balaban J connectivity index is 1.84. The average molecular weight is 544 g/mol. The fraction of sp³-hybridized carbons (Fsp3) is 0.464. The molecule has 3 amide bonds. The minimum atomic E-state index is -0.907. The van der Waals surface area contributed by atoms with Crippen molar-refractivity contribution < 1.29 is 19.1 Å². The Bertz CT molecular complexity index is 1100. The minimum Gasteiger partial charge on any atom is -0.492 e. The van der Waals surface area contributed by atoms with Crippen LogP contribution in [0.3, 0.4) is 0 Å². The van der Waals surface area contributed by atoms with Gasteiger partial charge in [-0.15, -0.1) is 0 Å². The monoisotopic (exact) mass is 543 g/mol. The Morgan fingerprint density at radius 1 is 0.974 bits per heavy atom. The highest BCUT2D eigenvalue weighted by Gasteiger charge is 2.30. The molecule has 9 nitrogen and oxygen atoms in total. The highest BCUT2D eigenvalue weighted by molar-refractivity contribution is 6.30. The first kappa shape index (κ1) is 29.4. The molecule has 0 bridgehead atoms. The van der Waals surface area contributed by atoms with E-state index in [-0.39, 0.29) is 24.3 Å². The van der Waals surface area contributed by atoms with E-state index in [0.29, 0.717) is 44.0 Å². The van der Waals surface area contributed by atoms with Crippen LogP contribution in [0.5, 0.6) is 5.75 Å². The first-order chi connectivity index (χ1) is 18.3. The standard InChI is InChI=1S/C28H38ClN5O4/c1-18(2)25-28(37)33-23(17-30)26(35)32-12-6-9-20-8-3-4-11-24(20)38-14-13-31-22(27(36)34-25)16-19-7-5-10-21(29)15-19/h3-5,7-8,10-11,15,18,22-23,25,31H,6,9,12-14,16-17,30H2,1-2H3,(H,32,35)(H,33,37)(H,34,36)/t22-,23?,25-/m1/s1. The van der Waals surface area contributed by atoms with Crippen molar-refractivity contribution in [3.8, 4) is 5.75 Å². The van der Waals surface area contributed by atoms with E-state index in [1.54, 1.807) is 6.07 Å². The first-order valence-electron chi connectivity index (χ1n) is 13.1. The number of hydrogen-bond acceptors (Lipinski definition) is 6. The summed E-state index contributed by atoms with van der Waals surface area (Å²) in [5.74, 6) is -0.615. The second-order valence-electron chi connectivity index (χ2n) is 9.72. The van der Waals surface area contributed by atoms with Crippen LogP contribution < -0.4 is 31.7 Å². The summed E-state index contributed by atoms with van der Waals surface area (Å²) >= 11 is 6.17. The molecule has 38 heavy (non-hydrogen) atoms. The van der Waals surface area contributed by atoms with Gasteiger partial charge in [-0.2, -0.15) is 0 Å². The fourth-order valence-electron chi connectivity index (χ4n) is 4.30. The molecule has 1 unspecified atom stereocenters. The highest BCUT2D eigenvalue weighted by Crippen LogP contribution is 2.19. The average Bonchev–Trinajstić information content (AvgIpc) is 2.89. The maximum Gasteiger partial charge on any atom is 0.243 e. The van der Waals surface area contributed by atoms with Crippen molar-refractivity contribution >= 4 is 29.3 Å². The lowest BCUT2D eigenvalue weighted by Crippen LogP contribution is -2.59. The number of rotatable bonds is 4. The van der Waals surface area contributed by atoms with Crippen LogP contribution >= 0.6 is 11.6 Å². The third kappa shape index (κ3) is 8.72. The predicted octanol–water partition coefficient (Wildman–Crippen LogP) is 1.57. The van der Waals surface area contributed by atoms with Crippen LogP contribution in [0.2, 0.25) is 5.02 Å². The molecule has 10 heteroatoms. The van der Waals surface area contributed by atoms with Crippen LogP contribution in [0, 0.1) is 5.92 Å². The van der Waals surface area contributed by atoms with Crippen molar-refractivity contribution in [2.75, 3.05) is 26.2 Å². The Labute approximate surface area is 229 Å². The van der Waals surface area contributed by atoms with Gasteiger partial charge in [0, 0.05) is 24.7 Å². The number of nitrogens with two attached hydrogens (primary N) is 1. The molecule has 3 rings (SSSR count). The maximum absolute atomic E-state index is 13.4. The van der Waals surface area contributed by atoms with Crippen LogP contribution in [0.25, 0.3) is 0 Å². The molecule has 0 aromatic heterocycles. The SMILES string of the molecule is CC(C)[C@H]1NC(=O)[C@@H](Cc2cccc(Cl)c2)NCCOc2ccccc2CCCNC(=O)C(CN)NC1=O. The lowest BCUT2D eigenvalue weighted by Gasteiger charge is -2.27. The number of ether oxygens (including phenoxy) is 1. The summed E-state index contributed by atoms with van der Waals surface area (Å²) < 4.78 is 6.03. The largest absolute Gasteiger partial charge is 0.492 e. The van der Waals surface area contributed by atoms with E-state index < -0.39 is 24.0 Å². The Kier molecular flexibility index (Phi) is 11.4. The molecule has 0 aliphatic carbocycles. The maximum atomic E-state index is 13.4. The van der Waals surface area contributed by atoms with Crippen molar-refractivity contribution in [1.29, 1.82) is 0 Å². The second-order valence-corrected chi connectivity index (χ2v) is 10.2. The van der Waals surface area contributed by atoms with Crippen LogP contribution in [-0.4, -0.2) is 62.1 Å². The van der Waals surface area contributed by atoms with Gasteiger partial charge in [0.05, 0.1) is 6.04 Å². The zero-order valence-electron chi connectivity index (χ0n) is 22.0. The number of para-hydroxylation sites is 1. The van der Waals surface area contributed by atoms with Gasteiger partial charge in [0.15, 0.2) is 0 Å². The van der Waals surface area contributed by atoms with E-state index in [4.69, 9.17) is 22.1 Å². The molecule has 0 saturated carbocycles. The smallest absolute Gasteiger partial charge is 0.243 e. The zero-order valence-corrected chi connectivity index (χ0v) is 22.7. The molecule has 0 saturated heterocycles. The third-order valence-corrected chi connectivity index (χ3v) is 6.64. The summed E-state index contributed by atoms with van der Waals surface area (Å²) in [5, 5.41) is 12.3. The van der Waals surface area contributed by atoms with Crippen LogP contribution in [0.1, 0.15) is 31.4 Å². The van der Waals surface area contributed by atoms with E-state index in [2.05, 4.69) is 21.3 Å². The van der Waals surface area contributed by atoms with Gasteiger partial charge in [-0.25, -0.2) is 0 Å². The molecular formula is C28H38ClN5O4. The van der Waals surface area contributed by atoms with Gasteiger partial charge in [-0.05, 0) is 54.5 Å². The number of hydrogen-bond donors (Lipinski definition) is 5. The van der Waals surface area contributed by atoms with Crippen molar-refractivity contribution in [1.82, 2.24) is 21.3 Å². The Morgan fingerprint density at radius 3 is 2.50 bits per heavy atom. The molecular weight excluding hydrogens is 506 g/mol. The predicted molar refractivity (Wildman–Crippen MR) is 148 cm³/mol. The number of nitrogens with one attached hydrogen (secondary N) is 4. The van der Waals surface area contributed by atoms with Crippen LogP contribution in [0.15, 0.2) is 48.5 Å². The first-order valence-corrected chi connectivity index (χ1v) is 13.4. The highest BCUT2D eigenvalue weighted by atomic mass is 35.5. The van der Waals surface area contributed by atoms with Gasteiger partial charge in [0.2, 0.25) is 17.7 Å². The van der Waals surface area contributed by atoms with E-state index in [1.165, 1.54) is 0 Å². The Hall–Kier alpha value is -3.14. The molecule has 0 radical (unpaired) electrons. The summed E-state index contributed by atoms with van der Waals surface area (Å²) in [6.07, 6.45) is 1.77. The van der Waals surface area contributed by atoms with Gasteiger partial charge in [0.25, 0.3) is 0 Å². The van der Waals surface area contributed by atoms with Gasteiger partial charge in [-0.1, -0.05) is 55.8 Å². The summed E-state index contributed by atoms with van der Waals surface area (Å²) in [4.78, 5) is 39.3. The molecule has 2 aromatic rings. The van der Waals surface area contributed by atoms with Crippen molar-refractivity contribution in [2.24, 2.45) is 11.7 Å². The van der Waals surface area contributed by atoms with Crippen LogP contribution in [0.4, 0.5) is 0 Å². The summed E-state index contributed by atoms with van der Waals surface area (Å²) in [6, 6.07) is 12.7.